The van der Waals surface area contributed by atoms with Gasteiger partial charge in [-0.1, -0.05) is 6.07 Å². The summed E-state index contributed by atoms with van der Waals surface area (Å²) in [4.78, 5) is 34.0. The summed E-state index contributed by atoms with van der Waals surface area (Å²) in [5.74, 6) is -0.979. The minimum atomic E-state index is -0.748. The van der Waals surface area contributed by atoms with E-state index in [9.17, 15) is 9.59 Å². The monoisotopic (exact) mass is 386 g/mol. The molecule has 7 nitrogen and oxygen atoms in total. The number of fused-ring (bicyclic) bond motifs is 1. The Morgan fingerprint density at radius 1 is 1.10 bits per heavy atom. The zero-order valence-electron chi connectivity index (χ0n) is 15.9. The van der Waals surface area contributed by atoms with Gasteiger partial charge in [0.15, 0.2) is 0 Å². The predicted molar refractivity (Wildman–Crippen MR) is 109 cm³/mol. The number of Topliss-reactive ketones (excluding diaryl/α,β-unsaturated/α-hetero) is 1. The summed E-state index contributed by atoms with van der Waals surface area (Å²) in [6.45, 7) is 1.97. The van der Waals surface area contributed by atoms with Crippen LogP contribution in [0.4, 0.5) is 5.69 Å². The predicted octanol–water partition coefficient (Wildman–Crippen LogP) is 3.53. The molecule has 1 amide bonds. The zero-order valence-corrected chi connectivity index (χ0v) is 15.9. The minimum absolute atomic E-state index is 0.284. The summed E-state index contributed by atoms with van der Waals surface area (Å²) in [7, 11) is 1.50. The third-order valence-electron chi connectivity index (χ3n) is 4.53. The van der Waals surface area contributed by atoms with E-state index in [0.29, 0.717) is 17.1 Å². The van der Waals surface area contributed by atoms with Crippen LogP contribution in [-0.4, -0.2) is 33.2 Å². The van der Waals surface area contributed by atoms with Gasteiger partial charge in [-0.25, -0.2) is 4.98 Å². The Bertz CT molecular complexity index is 1200. The maximum Gasteiger partial charge on any atom is 0.298 e. The zero-order chi connectivity index (χ0) is 20.4. The molecule has 144 valence electrons. The van der Waals surface area contributed by atoms with Gasteiger partial charge in [0.05, 0.1) is 19.0 Å². The summed E-state index contributed by atoms with van der Waals surface area (Å²) in [6.07, 6.45) is 6.56. The van der Waals surface area contributed by atoms with E-state index in [1.54, 1.807) is 41.2 Å². The van der Waals surface area contributed by atoms with Gasteiger partial charge in [0, 0.05) is 41.3 Å². The second-order valence-corrected chi connectivity index (χ2v) is 6.52. The molecule has 0 saturated heterocycles. The quantitative estimate of drug-likeness (QED) is 0.419. The summed E-state index contributed by atoms with van der Waals surface area (Å²) in [5.41, 5.74) is 3.98. The lowest BCUT2D eigenvalue weighted by Crippen LogP contribution is -2.24. The number of nitrogens with one attached hydrogen (secondary N) is 1. The van der Waals surface area contributed by atoms with Crippen LogP contribution in [0, 0.1) is 6.92 Å². The molecule has 4 heterocycles. The van der Waals surface area contributed by atoms with E-state index in [1.807, 2.05) is 31.2 Å². The van der Waals surface area contributed by atoms with Crippen LogP contribution in [0.3, 0.4) is 0 Å². The first kappa shape index (κ1) is 18.4. The first-order valence-corrected chi connectivity index (χ1v) is 8.94. The number of carbonyl (C=O) groups excluding carboxylic acids is 2. The molecule has 0 aliphatic rings. The van der Waals surface area contributed by atoms with Gasteiger partial charge in [0.2, 0.25) is 5.88 Å². The van der Waals surface area contributed by atoms with Gasteiger partial charge in [0.25, 0.3) is 11.7 Å². The van der Waals surface area contributed by atoms with Crippen molar-refractivity contribution in [2.75, 3.05) is 12.4 Å². The van der Waals surface area contributed by atoms with Crippen LogP contribution in [0.2, 0.25) is 0 Å². The van der Waals surface area contributed by atoms with Crippen molar-refractivity contribution >= 4 is 22.9 Å². The Balaban J connectivity index is 1.74. The Kier molecular flexibility index (Phi) is 4.78. The third kappa shape index (κ3) is 3.58. The van der Waals surface area contributed by atoms with Crippen molar-refractivity contribution < 1.29 is 14.3 Å². The Morgan fingerprint density at radius 2 is 1.97 bits per heavy atom. The average Bonchev–Trinajstić information content (AvgIpc) is 3.12. The highest BCUT2D eigenvalue weighted by molar-refractivity contribution is 6.47. The normalized spacial score (nSPS) is 10.7. The number of methoxy groups -OCH3 is 1. The number of amides is 1. The highest BCUT2D eigenvalue weighted by Gasteiger charge is 2.25. The average molecular weight is 386 g/mol. The first-order valence-electron chi connectivity index (χ1n) is 8.94. The van der Waals surface area contributed by atoms with Gasteiger partial charge in [-0.05, 0) is 42.8 Å². The molecule has 4 aromatic rings. The molecule has 0 spiro atoms. The SMILES string of the molecule is COc1ccc(NC(=O)C(=O)c2c(-c3cccnc3)cc3cc(C)ccn23)cn1. The van der Waals surface area contributed by atoms with Crippen LogP contribution >= 0.6 is 0 Å². The Hall–Kier alpha value is -4.00. The molecule has 0 aliphatic heterocycles. The van der Waals surface area contributed by atoms with Crippen LogP contribution in [0.25, 0.3) is 16.6 Å². The van der Waals surface area contributed by atoms with Crippen molar-refractivity contribution in [3.8, 4) is 17.0 Å². The highest BCUT2D eigenvalue weighted by atomic mass is 16.5. The van der Waals surface area contributed by atoms with Gasteiger partial charge in [0.1, 0.15) is 5.69 Å². The number of carbonyl (C=O) groups is 2. The standard InChI is InChI=1S/C22H18N4O3/c1-14-7-9-26-17(10-14)11-18(15-4-3-8-23-12-15)20(26)21(27)22(28)25-16-5-6-19(29-2)24-13-16/h3-13H,1-2H3,(H,25,28). The number of aromatic nitrogens is 3. The van der Waals surface area contributed by atoms with Crippen molar-refractivity contribution in [1.29, 1.82) is 0 Å². The number of pyridine rings is 3. The molecule has 0 bridgehead atoms. The number of hydrogen-bond donors (Lipinski definition) is 1. The van der Waals surface area contributed by atoms with E-state index in [1.165, 1.54) is 13.3 Å². The van der Waals surface area contributed by atoms with Gasteiger partial charge in [-0.15, -0.1) is 0 Å². The third-order valence-corrected chi connectivity index (χ3v) is 4.53. The Labute approximate surface area is 167 Å². The lowest BCUT2D eigenvalue weighted by atomic mass is 10.1. The maximum atomic E-state index is 13.1. The van der Waals surface area contributed by atoms with Crippen LogP contribution in [0.1, 0.15) is 16.1 Å². The summed E-state index contributed by atoms with van der Waals surface area (Å²) in [6, 6.07) is 12.6. The number of ketones is 1. The number of anilines is 1. The molecule has 4 rings (SSSR count). The van der Waals surface area contributed by atoms with Crippen LogP contribution < -0.4 is 10.1 Å². The fourth-order valence-corrected chi connectivity index (χ4v) is 3.13. The fourth-order valence-electron chi connectivity index (χ4n) is 3.13. The minimum Gasteiger partial charge on any atom is -0.481 e. The maximum absolute atomic E-state index is 13.1. The van der Waals surface area contributed by atoms with Crippen molar-refractivity contribution in [2.45, 2.75) is 6.92 Å². The molecule has 29 heavy (non-hydrogen) atoms. The number of ether oxygens (including phenoxy) is 1. The molecule has 1 N–H and O–H groups in total. The smallest absolute Gasteiger partial charge is 0.298 e. The second-order valence-electron chi connectivity index (χ2n) is 6.52. The summed E-state index contributed by atoms with van der Waals surface area (Å²) >= 11 is 0. The van der Waals surface area contributed by atoms with E-state index < -0.39 is 11.7 Å². The second kappa shape index (κ2) is 7.55. The molecule has 0 radical (unpaired) electrons. The van der Waals surface area contributed by atoms with Crippen LogP contribution in [0.15, 0.2) is 67.3 Å². The van der Waals surface area contributed by atoms with Gasteiger partial charge < -0.3 is 14.5 Å². The lowest BCUT2D eigenvalue weighted by Gasteiger charge is -2.08. The topological polar surface area (TPSA) is 85.6 Å². The molecule has 0 aliphatic carbocycles. The number of nitrogens with zero attached hydrogens (tertiary/aromatic N) is 3. The van der Waals surface area contributed by atoms with Crippen molar-refractivity contribution in [3.05, 3.63) is 78.5 Å². The highest BCUT2D eigenvalue weighted by Crippen LogP contribution is 2.28. The fraction of sp³-hybridized carbons (Fsp3) is 0.0909. The lowest BCUT2D eigenvalue weighted by molar-refractivity contribution is -0.112. The molecule has 0 fully saturated rings. The van der Waals surface area contributed by atoms with Gasteiger partial charge >= 0.3 is 0 Å². The molecule has 7 heteroatoms. The molecule has 0 unspecified atom stereocenters. The molecule has 0 saturated carbocycles. The Morgan fingerprint density at radius 3 is 2.66 bits per heavy atom. The molecule has 0 aromatic carbocycles. The van der Waals surface area contributed by atoms with Crippen molar-refractivity contribution in [2.24, 2.45) is 0 Å². The van der Waals surface area contributed by atoms with E-state index in [4.69, 9.17) is 4.74 Å². The van der Waals surface area contributed by atoms with Gasteiger partial charge in [-0.2, -0.15) is 0 Å². The van der Waals surface area contributed by atoms with E-state index in [0.717, 1.165) is 16.6 Å². The van der Waals surface area contributed by atoms with E-state index in [2.05, 4.69) is 15.3 Å². The first-order chi connectivity index (χ1) is 14.1. The largest absolute Gasteiger partial charge is 0.481 e. The molecule has 0 atom stereocenters. The number of rotatable bonds is 5. The molecular formula is C22H18N4O3. The van der Waals surface area contributed by atoms with Crippen LogP contribution in [0.5, 0.6) is 5.88 Å². The van der Waals surface area contributed by atoms with Crippen molar-refractivity contribution in [1.82, 2.24) is 14.4 Å². The summed E-state index contributed by atoms with van der Waals surface area (Å²) < 4.78 is 6.73. The molecule has 4 aromatic heterocycles. The number of aryl methyl sites for hydroxylation is 1. The van der Waals surface area contributed by atoms with E-state index >= 15 is 0 Å². The van der Waals surface area contributed by atoms with Crippen molar-refractivity contribution in [3.63, 3.8) is 0 Å². The van der Waals surface area contributed by atoms with Gasteiger partial charge in [-0.3, -0.25) is 14.6 Å². The summed E-state index contributed by atoms with van der Waals surface area (Å²) in [5, 5.41) is 2.60. The van der Waals surface area contributed by atoms with E-state index in [-0.39, 0.29) is 5.69 Å². The number of hydrogen-bond acceptors (Lipinski definition) is 5. The molecular weight excluding hydrogens is 368 g/mol. The van der Waals surface area contributed by atoms with Crippen LogP contribution in [-0.2, 0) is 4.79 Å².